The number of nitrogens with zero attached hydrogens (tertiary/aromatic N) is 3. The number of aryl methyl sites for hydroxylation is 2. The average molecular weight is 430 g/mol. The fourth-order valence-corrected chi connectivity index (χ4v) is 4.31. The average Bonchev–Trinajstić information content (AvgIpc) is 3.30. The summed E-state index contributed by atoms with van der Waals surface area (Å²) in [6.07, 6.45) is 0.686. The minimum Gasteiger partial charge on any atom is -0.484 e. The van der Waals surface area contributed by atoms with Gasteiger partial charge in [0.15, 0.2) is 6.61 Å². The molecule has 2 heterocycles. The van der Waals surface area contributed by atoms with Gasteiger partial charge in [-0.3, -0.25) is 4.79 Å². The number of thioether (sulfide) groups is 1. The Morgan fingerprint density at radius 2 is 2.07 bits per heavy atom. The van der Waals surface area contributed by atoms with Crippen molar-refractivity contribution in [1.82, 2.24) is 10.2 Å². The van der Waals surface area contributed by atoms with E-state index in [1.54, 1.807) is 11.0 Å². The molecule has 4 rings (SSSR count). The molecule has 1 fully saturated rings. The maximum Gasteiger partial charge on any atom is 0.277 e. The summed E-state index contributed by atoms with van der Waals surface area (Å²) in [4.78, 5) is 14.5. The lowest BCUT2D eigenvalue weighted by Crippen LogP contribution is -2.28. The number of hydrogen-bond donors (Lipinski definition) is 0. The first kappa shape index (κ1) is 19.8. The summed E-state index contributed by atoms with van der Waals surface area (Å²) in [5.74, 6) is 1.16. The minimum absolute atomic E-state index is 0.00511. The summed E-state index contributed by atoms with van der Waals surface area (Å²) >= 11 is 7.51. The molecule has 150 valence electrons. The lowest BCUT2D eigenvalue weighted by Gasteiger charge is -2.17. The van der Waals surface area contributed by atoms with Crippen molar-refractivity contribution in [2.24, 2.45) is 0 Å². The van der Waals surface area contributed by atoms with Gasteiger partial charge in [0.05, 0.1) is 16.0 Å². The third-order valence-electron chi connectivity index (χ3n) is 4.69. The van der Waals surface area contributed by atoms with Gasteiger partial charge < -0.3 is 14.1 Å². The summed E-state index contributed by atoms with van der Waals surface area (Å²) < 4.78 is 11.5. The highest BCUT2D eigenvalue weighted by atomic mass is 35.5. The van der Waals surface area contributed by atoms with E-state index >= 15 is 0 Å². The molecule has 0 aliphatic carbocycles. The number of aromatic nitrogens is 2. The van der Waals surface area contributed by atoms with Crippen LogP contribution in [-0.4, -0.2) is 27.9 Å². The van der Waals surface area contributed by atoms with Gasteiger partial charge in [0.25, 0.3) is 11.1 Å². The van der Waals surface area contributed by atoms with Gasteiger partial charge in [-0.2, -0.15) is 0 Å². The molecule has 2 aromatic carbocycles. The molecule has 29 heavy (non-hydrogen) atoms. The molecule has 3 aromatic rings. The van der Waals surface area contributed by atoms with E-state index in [-0.39, 0.29) is 17.8 Å². The van der Waals surface area contributed by atoms with Crippen molar-refractivity contribution in [1.29, 1.82) is 0 Å². The number of para-hydroxylation sites is 1. The van der Waals surface area contributed by atoms with Gasteiger partial charge in [-0.05, 0) is 49.6 Å². The summed E-state index contributed by atoms with van der Waals surface area (Å²) in [7, 11) is 0. The molecule has 1 atom stereocenters. The zero-order valence-electron chi connectivity index (χ0n) is 16.1. The summed E-state index contributed by atoms with van der Waals surface area (Å²) in [5.41, 5.74) is 2.89. The quantitative estimate of drug-likeness (QED) is 0.559. The lowest BCUT2D eigenvalue weighted by molar-refractivity contribution is -0.116. The Balaban J connectivity index is 1.37. The minimum atomic E-state index is -0.278. The van der Waals surface area contributed by atoms with E-state index in [9.17, 15) is 4.79 Å². The summed E-state index contributed by atoms with van der Waals surface area (Å²) in [5, 5.41) is 8.74. The van der Waals surface area contributed by atoms with Crippen molar-refractivity contribution >= 4 is 35.0 Å². The second-order valence-corrected chi connectivity index (χ2v) is 8.42. The SMILES string of the molecule is Cc1ccc(C)c(OCc2nnc(SC3CCN(c4ccccc4Cl)C3=O)o2)c1. The molecule has 1 saturated heterocycles. The molecule has 0 radical (unpaired) electrons. The van der Waals surface area contributed by atoms with Crippen LogP contribution in [0.1, 0.15) is 23.4 Å². The topological polar surface area (TPSA) is 68.5 Å². The molecule has 8 heteroatoms. The highest BCUT2D eigenvalue weighted by Crippen LogP contribution is 2.35. The molecular formula is C21H20ClN3O3S. The second kappa shape index (κ2) is 8.47. The standard InChI is InChI=1S/C21H20ClN3O3S/c1-13-7-8-14(2)17(11-13)27-12-19-23-24-21(28-19)29-18-9-10-25(20(18)26)16-6-4-3-5-15(16)22/h3-8,11,18H,9-10,12H2,1-2H3. The first-order chi connectivity index (χ1) is 14.0. The normalized spacial score (nSPS) is 16.4. The molecule has 0 bridgehead atoms. The van der Waals surface area contributed by atoms with Crippen LogP contribution in [-0.2, 0) is 11.4 Å². The number of amides is 1. The molecule has 0 spiro atoms. The van der Waals surface area contributed by atoms with Crippen LogP contribution in [0.15, 0.2) is 52.1 Å². The van der Waals surface area contributed by atoms with Crippen molar-refractivity contribution in [2.75, 3.05) is 11.4 Å². The number of carbonyl (C=O) groups is 1. The van der Waals surface area contributed by atoms with Gasteiger partial charge in [-0.15, -0.1) is 10.2 Å². The Labute approximate surface area is 178 Å². The van der Waals surface area contributed by atoms with Crippen LogP contribution in [0.25, 0.3) is 0 Å². The molecule has 1 aliphatic heterocycles. The molecule has 1 aliphatic rings. The van der Waals surface area contributed by atoms with Gasteiger partial charge in [-0.25, -0.2) is 0 Å². The zero-order chi connectivity index (χ0) is 20.4. The van der Waals surface area contributed by atoms with Crippen molar-refractivity contribution < 1.29 is 13.9 Å². The number of halogens is 1. The molecule has 1 aromatic heterocycles. The monoisotopic (exact) mass is 429 g/mol. The van der Waals surface area contributed by atoms with Crippen LogP contribution < -0.4 is 9.64 Å². The van der Waals surface area contributed by atoms with Crippen LogP contribution in [0.3, 0.4) is 0 Å². The fourth-order valence-electron chi connectivity index (χ4n) is 3.14. The first-order valence-electron chi connectivity index (χ1n) is 9.26. The Bertz CT molecular complexity index is 1040. The second-order valence-electron chi connectivity index (χ2n) is 6.86. The molecule has 0 N–H and O–H groups in total. The Morgan fingerprint density at radius 1 is 1.24 bits per heavy atom. The predicted octanol–water partition coefficient (Wildman–Crippen LogP) is 4.82. The Morgan fingerprint density at radius 3 is 2.90 bits per heavy atom. The van der Waals surface area contributed by atoms with E-state index in [4.69, 9.17) is 20.8 Å². The molecule has 6 nitrogen and oxygen atoms in total. The van der Waals surface area contributed by atoms with E-state index in [2.05, 4.69) is 10.2 Å². The third-order valence-corrected chi connectivity index (χ3v) is 6.09. The summed E-state index contributed by atoms with van der Waals surface area (Å²) in [6.45, 7) is 4.79. The van der Waals surface area contributed by atoms with Crippen LogP contribution in [0, 0.1) is 13.8 Å². The van der Waals surface area contributed by atoms with Crippen molar-refractivity contribution in [3.8, 4) is 5.75 Å². The molecular weight excluding hydrogens is 410 g/mol. The number of carbonyl (C=O) groups excluding carboxylic acids is 1. The third kappa shape index (κ3) is 4.41. The van der Waals surface area contributed by atoms with E-state index in [0.717, 1.165) is 22.6 Å². The number of rotatable bonds is 6. The van der Waals surface area contributed by atoms with Crippen LogP contribution in [0.4, 0.5) is 5.69 Å². The van der Waals surface area contributed by atoms with Crippen LogP contribution >= 0.6 is 23.4 Å². The number of hydrogen-bond acceptors (Lipinski definition) is 6. The van der Waals surface area contributed by atoms with E-state index in [0.29, 0.717) is 29.1 Å². The van der Waals surface area contributed by atoms with Crippen molar-refractivity contribution in [2.45, 2.75) is 37.3 Å². The van der Waals surface area contributed by atoms with E-state index in [1.165, 1.54) is 11.8 Å². The lowest BCUT2D eigenvalue weighted by atomic mass is 10.1. The Hall–Kier alpha value is -2.51. The number of benzene rings is 2. The van der Waals surface area contributed by atoms with Crippen LogP contribution in [0.5, 0.6) is 5.75 Å². The van der Waals surface area contributed by atoms with Gasteiger partial charge in [0.2, 0.25) is 5.91 Å². The maximum atomic E-state index is 12.8. The zero-order valence-corrected chi connectivity index (χ0v) is 17.7. The van der Waals surface area contributed by atoms with Gasteiger partial charge >= 0.3 is 0 Å². The van der Waals surface area contributed by atoms with Gasteiger partial charge in [0, 0.05) is 6.54 Å². The Kier molecular flexibility index (Phi) is 5.78. The fraction of sp³-hybridized carbons (Fsp3) is 0.286. The highest BCUT2D eigenvalue weighted by Gasteiger charge is 2.35. The smallest absolute Gasteiger partial charge is 0.277 e. The maximum absolute atomic E-state index is 12.8. The van der Waals surface area contributed by atoms with E-state index in [1.807, 2.05) is 50.2 Å². The van der Waals surface area contributed by atoms with Crippen LogP contribution in [0.2, 0.25) is 5.02 Å². The predicted molar refractivity (Wildman–Crippen MR) is 113 cm³/mol. The highest BCUT2D eigenvalue weighted by molar-refractivity contribution is 8.00. The molecule has 1 unspecified atom stereocenters. The van der Waals surface area contributed by atoms with E-state index < -0.39 is 0 Å². The van der Waals surface area contributed by atoms with Crippen molar-refractivity contribution in [3.05, 3.63) is 64.5 Å². The van der Waals surface area contributed by atoms with Gasteiger partial charge in [0.1, 0.15) is 5.75 Å². The van der Waals surface area contributed by atoms with Gasteiger partial charge in [-0.1, -0.05) is 47.6 Å². The molecule has 0 saturated carbocycles. The number of ether oxygens (including phenoxy) is 1. The molecule has 1 amide bonds. The summed E-state index contributed by atoms with van der Waals surface area (Å²) in [6, 6.07) is 13.4. The first-order valence-corrected chi connectivity index (χ1v) is 10.5. The largest absolute Gasteiger partial charge is 0.484 e. The number of anilines is 1. The van der Waals surface area contributed by atoms with Crippen molar-refractivity contribution in [3.63, 3.8) is 0 Å².